The van der Waals surface area contributed by atoms with Crippen molar-refractivity contribution in [2.24, 2.45) is 5.92 Å². The van der Waals surface area contributed by atoms with E-state index in [1.165, 1.54) is 28.6 Å². The number of rotatable bonds is 4. The van der Waals surface area contributed by atoms with Gasteiger partial charge in [-0.1, -0.05) is 32.0 Å². The van der Waals surface area contributed by atoms with E-state index in [2.05, 4.69) is 58.0 Å². The minimum Gasteiger partial charge on any atom is -0.357 e. The second-order valence-corrected chi connectivity index (χ2v) is 6.96. The molecule has 1 unspecified atom stereocenters. The molecule has 1 aromatic carbocycles. The maximum absolute atomic E-state index is 4.42. The lowest BCUT2D eigenvalue weighted by atomic mass is 9.91. The maximum Gasteiger partial charge on any atom is 0.120 e. The first-order valence-electron chi connectivity index (χ1n) is 8.54. The third-order valence-electron chi connectivity index (χ3n) is 4.87. The fraction of sp³-hybridized carbons (Fsp3) is 0.421. The molecule has 0 bridgehead atoms. The van der Waals surface area contributed by atoms with Gasteiger partial charge in [0.15, 0.2) is 0 Å². The number of hydrogen-bond donors (Lipinski definition) is 2. The van der Waals surface area contributed by atoms with Crippen LogP contribution in [0.2, 0.25) is 0 Å². The molecule has 1 atom stereocenters. The molecule has 4 nitrogen and oxygen atoms in total. The zero-order valence-corrected chi connectivity index (χ0v) is 13.8. The molecule has 3 aromatic rings. The van der Waals surface area contributed by atoms with Gasteiger partial charge >= 0.3 is 0 Å². The fourth-order valence-corrected chi connectivity index (χ4v) is 3.85. The molecule has 0 amide bonds. The van der Waals surface area contributed by atoms with Crippen LogP contribution in [0.4, 0.5) is 0 Å². The predicted octanol–water partition coefficient (Wildman–Crippen LogP) is 4.04. The van der Waals surface area contributed by atoms with Crippen molar-refractivity contribution in [3.05, 3.63) is 53.7 Å². The minimum absolute atomic E-state index is 0.441. The first-order valence-corrected chi connectivity index (χ1v) is 8.54. The summed E-state index contributed by atoms with van der Waals surface area (Å²) in [7, 11) is 0. The van der Waals surface area contributed by atoms with Crippen LogP contribution in [-0.4, -0.2) is 26.4 Å². The van der Waals surface area contributed by atoms with Crippen LogP contribution in [-0.2, 0) is 13.0 Å². The summed E-state index contributed by atoms with van der Waals surface area (Å²) in [6.07, 6.45) is 6.02. The van der Waals surface area contributed by atoms with Crippen LogP contribution in [0, 0.1) is 5.92 Å². The highest BCUT2D eigenvalue weighted by atomic mass is 15.2. The topological polar surface area (TPSA) is 47.7 Å². The molecule has 0 aliphatic carbocycles. The first kappa shape index (κ1) is 14.5. The van der Waals surface area contributed by atoms with Gasteiger partial charge in [0.25, 0.3) is 0 Å². The average Bonchev–Trinajstić information content (AvgIpc) is 3.16. The number of imidazole rings is 1. The summed E-state index contributed by atoms with van der Waals surface area (Å²) in [6.45, 7) is 6.59. The second kappa shape index (κ2) is 5.85. The molecule has 0 spiro atoms. The Morgan fingerprint density at radius 1 is 1.30 bits per heavy atom. The molecule has 3 heterocycles. The van der Waals surface area contributed by atoms with Crippen LogP contribution >= 0.6 is 0 Å². The molecule has 23 heavy (non-hydrogen) atoms. The number of aromatic amines is 2. The summed E-state index contributed by atoms with van der Waals surface area (Å²) >= 11 is 0. The molecule has 0 saturated heterocycles. The number of nitrogens with one attached hydrogen (secondary N) is 2. The Balaban J connectivity index is 1.73. The Morgan fingerprint density at radius 2 is 2.17 bits per heavy atom. The zero-order chi connectivity index (χ0) is 15.8. The van der Waals surface area contributed by atoms with Crippen LogP contribution in [0.3, 0.4) is 0 Å². The Hall–Kier alpha value is -2.07. The largest absolute Gasteiger partial charge is 0.357 e. The lowest BCUT2D eigenvalue weighted by molar-refractivity contribution is 0.148. The van der Waals surface area contributed by atoms with Crippen LogP contribution in [0.1, 0.15) is 43.4 Å². The number of H-pyrrole nitrogens is 2. The van der Waals surface area contributed by atoms with Gasteiger partial charge in [-0.2, -0.15) is 0 Å². The van der Waals surface area contributed by atoms with E-state index in [0.717, 1.165) is 25.3 Å². The summed E-state index contributed by atoms with van der Waals surface area (Å²) in [6, 6.07) is 9.14. The maximum atomic E-state index is 4.42. The van der Waals surface area contributed by atoms with Crippen molar-refractivity contribution in [3.8, 4) is 0 Å². The number of fused-ring (bicyclic) bond motifs is 3. The third kappa shape index (κ3) is 2.68. The Morgan fingerprint density at radius 3 is 2.96 bits per heavy atom. The molecule has 0 fully saturated rings. The van der Waals surface area contributed by atoms with Gasteiger partial charge in [-0.25, -0.2) is 4.98 Å². The summed E-state index contributed by atoms with van der Waals surface area (Å²) in [5, 5.41) is 1.40. The van der Waals surface area contributed by atoms with Crippen molar-refractivity contribution in [1.82, 2.24) is 19.9 Å². The smallest absolute Gasteiger partial charge is 0.120 e. The SMILES string of the molecule is CC(C)CC1c2[nH]c3ccccc3c2CCN1Cc1ncc[nH]1. The van der Waals surface area contributed by atoms with Crippen molar-refractivity contribution in [3.63, 3.8) is 0 Å². The third-order valence-corrected chi connectivity index (χ3v) is 4.87. The number of para-hydroxylation sites is 1. The molecular weight excluding hydrogens is 284 g/mol. The summed E-state index contributed by atoms with van der Waals surface area (Å²) in [5.41, 5.74) is 4.20. The van der Waals surface area contributed by atoms with Gasteiger partial charge in [0, 0.05) is 35.5 Å². The van der Waals surface area contributed by atoms with Crippen LogP contribution < -0.4 is 0 Å². The summed E-state index contributed by atoms with van der Waals surface area (Å²) in [4.78, 5) is 13.9. The van der Waals surface area contributed by atoms with Gasteiger partial charge in [-0.3, -0.25) is 4.90 Å². The van der Waals surface area contributed by atoms with Crippen molar-refractivity contribution in [2.75, 3.05) is 6.54 Å². The molecule has 2 aromatic heterocycles. The van der Waals surface area contributed by atoms with E-state index in [-0.39, 0.29) is 0 Å². The highest BCUT2D eigenvalue weighted by Crippen LogP contribution is 2.38. The van der Waals surface area contributed by atoms with E-state index in [4.69, 9.17) is 0 Å². The molecule has 1 aliphatic rings. The zero-order valence-electron chi connectivity index (χ0n) is 13.8. The Labute approximate surface area is 136 Å². The monoisotopic (exact) mass is 308 g/mol. The standard InChI is InChI=1S/C19H24N4/c1-13(2)11-17-19-15(14-5-3-4-6-16(14)22-19)7-10-23(17)12-18-20-8-9-21-18/h3-6,8-9,13,17,22H,7,10-12H2,1-2H3,(H,20,21). The number of nitrogens with zero attached hydrogens (tertiary/aromatic N) is 2. The van der Waals surface area contributed by atoms with Gasteiger partial charge < -0.3 is 9.97 Å². The summed E-state index contributed by atoms with van der Waals surface area (Å²) in [5.74, 6) is 1.72. The lowest BCUT2D eigenvalue weighted by Gasteiger charge is -2.36. The van der Waals surface area contributed by atoms with Crippen molar-refractivity contribution < 1.29 is 0 Å². The molecule has 120 valence electrons. The molecular formula is C19H24N4. The second-order valence-electron chi connectivity index (χ2n) is 6.96. The minimum atomic E-state index is 0.441. The Kier molecular flexibility index (Phi) is 3.69. The highest BCUT2D eigenvalue weighted by Gasteiger charge is 2.31. The molecule has 4 heteroatoms. The first-order chi connectivity index (χ1) is 11.2. The van der Waals surface area contributed by atoms with Gasteiger partial charge in [-0.15, -0.1) is 0 Å². The normalized spacial score (nSPS) is 18.7. The molecule has 0 saturated carbocycles. The van der Waals surface area contributed by atoms with Crippen LogP contribution in [0.25, 0.3) is 10.9 Å². The highest BCUT2D eigenvalue weighted by molar-refractivity contribution is 5.85. The van der Waals surface area contributed by atoms with Gasteiger partial charge in [-0.05, 0) is 30.4 Å². The van der Waals surface area contributed by atoms with Crippen LogP contribution in [0.15, 0.2) is 36.7 Å². The van der Waals surface area contributed by atoms with Crippen molar-refractivity contribution in [2.45, 2.75) is 39.3 Å². The molecule has 2 N–H and O–H groups in total. The van der Waals surface area contributed by atoms with E-state index in [0.29, 0.717) is 12.0 Å². The van der Waals surface area contributed by atoms with E-state index < -0.39 is 0 Å². The fourth-order valence-electron chi connectivity index (χ4n) is 3.85. The molecule has 4 rings (SSSR count). The quantitative estimate of drug-likeness (QED) is 0.764. The van der Waals surface area contributed by atoms with Crippen molar-refractivity contribution >= 4 is 10.9 Å². The van der Waals surface area contributed by atoms with Crippen molar-refractivity contribution in [1.29, 1.82) is 0 Å². The number of aromatic nitrogens is 3. The number of hydrogen-bond acceptors (Lipinski definition) is 2. The average molecular weight is 308 g/mol. The van der Waals surface area contributed by atoms with Gasteiger partial charge in [0.1, 0.15) is 5.82 Å². The van der Waals surface area contributed by atoms with E-state index >= 15 is 0 Å². The van der Waals surface area contributed by atoms with E-state index in [9.17, 15) is 0 Å². The predicted molar refractivity (Wildman–Crippen MR) is 93.2 cm³/mol. The lowest BCUT2D eigenvalue weighted by Crippen LogP contribution is -2.36. The summed E-state index contributed by atoms with van der Waals surface area (Å²) < 4.78 is 0. The molecule has 1 aliphatic heterocycles. The van der Waals surface area contributed by atoms with Gasteiger partial charge in [0.2, 0.25) is 0 Å². The van der Waals surface area contributed by atoms with E-state index in [1.54, 1.807) is 0 Å². The Bertz CT molecular complexity index is 785. The van der Waals surface area contributed by atoms with E-state index in [1.807, 2.05) is 12.4 Å². The van der Waals surface area contributed by atoms with Crippen LogP contribution in [0.5, 0.6) is 0 Å². The number of benzene rings is 1. The molecule has 0 radical (unpaired) electrons. The van der Waals surface area contributed by atoms with Gasteiger partial charge in [0.05, 0.1) is 12.6 Å².